The number of aromatic nitrogens is 2. The zero-order chi connectivity index (χ0) is 49.1. The monoisotopic (exact) mass is 1020 g/mol. The van der Waals surface area contributed by atoms with Crippen molar-refractivity contribution in [1.29, 1.82) is 0 Å². The molecule has 0 saturated carbocycles. The molecule has 0 fully saturated rings. The first-order valence-corrected chi connectivity index (χ1v) is 27.3. The molecular formula is C46H66N6O8S6. The van der Waals surface area contributed by atoms with Crippen molar-refractivity contribution in [3.05, 3.63) is 133 Å². The molecule has 66 heavy (non-hydrogen) atoms. The minimum atomic E-state index is -4.18. The summed E-state index contributed by atoms with van der Waals surface area (Å²) in [7, 11) is -0.374. The average molecular weight is 1020 g/mol. The van der Waals surface area contributed by atoms with E-state index in [0.717, 1.165) is 42.4 Å². The summed E-state index contributed by atoms with van der Waals surface area (Å²) < 4.78 is 70.3. The Morgan fingerprint density at radius 2 is 1.09 bits per heavy atom. The summed E-state index contributed by atoms with van der Waals surface area (Å²) >= 11 is 13.9. The largest absolute Gasteiger partial charge is 0.748 e. The van der Waals surface area contributed by atoms with Crippen molar-refractivity contribution in [2.75, 3.05) is 79.0 Å². The van der Waals surface area contributed by atoms with Gasteiger partial charge in [0.2, 0.25) is 11.8 Å². The summed E-state index contributed by atoms with van der Waals surface area (Å²) in [5.41, 5.74) is 2.49. The number of hydrogen-bond donors (Lipinski definition) is 2. The fourth-order valence-corrected chi connectivity index (χ4v) is 9.66. The van der Waals surface area contributed by atoms with E-state index in [0.29, 0.717) is 58.7 Å². The highest BCUT2D eigenvalue weighted by atomic mass is 32.2. The van der Waals surface area contributed by atoms with Gasteiger partial charge in [-0.25, -0.2) is 16.8 Å². The minimum absolute atomic E-state index is 0.0341. The van der Waals surface area contributed by atoms with Crippen LogP contribution in [0.15, 0.2) is 122 Å². The standard InChI is InChI=1S/C23H33N3O4S3.C12H11NS2.C11H22N2O4S/c1-26(2,18-9-19-33(28,29)30)17-8-14-24-22(27)21(13-12-20-10-4-3-5-11-20)32-23(31)25-15-6-7-16-25;14-12(13-8-4-5-9-13)15-10-11-6-2-1-3-7-11;1-4-11(14)12-7-5-8-13(2,3)9-6-10-18(15,16)17/h3-7,10-11,15-16,21H,8-9,12-14,17-19H2,1-2H3,(H-,24,27,28,29,30);1-9H,10H2;4H,1,5-10H2,2-3H3,(H-,12,14,15,16,17). The molecule has 2 aromatic carbocycles. The second kappa shape index (κ2) is 30.6. The number of carbonyl (C=O) groups is 2. The Kier molecular flexibility index (Phi) is 27.1. The normalized spacial score (nSPS) is 12.1. The van der Waals surface area contributed by atoms with E-state index in [9.17, 15) is 35.5 Å². The molecule has 2 amide bonds. The van der Waals surface area contributed by atoms with Crippen LogP contribution in [0.5, 0.6) is 0 Å². The van der Waals surface area contributed by atoms with Crippen LogP contribution in [-0.4, -0.2) is 149 Å². The molecule has 4 aromatic rings. The summed E-state index contributed by atoms with van der Waals surface area (Å²) in [6, 6.07) is 28.2. The molecule has 0 aliphatic carbocycles. The summed E-state index contributed by atoms with van der Waals surface area (Å²) in [6.45, 7) is 7.22. The molecule has 1 unspecified atom stereocenters. The molecule has 0 saturated heterocycles. The van der Waals surface area contributed by atoms with E-state index < -0.39 is 20.2 Å². The van der Waals surface area contributed by atoms with E-state index in [-0.39, 0.29) is 28.6 Å². The van der Waals surface area contributed by atoms with Gasteiger partial charge in [0.25, 0.3) is 0 Å². The summed E-state index contributed by atoms with van der Waals surface area (Å²) in [5.74, 6) is 0.0400. The van der Waals surface area contributed by atoms with Crippen LogP contribution in [0.2, 0.25) is 0 Å². The molecule has 0 spiro atoms. The van der Waals surface area contributed by atoms with Crippen LogP contribution in [0.1, 0.15) is 43.2 Å². The molecule has 0 aliphatic heterocycles. The fraction of sp³-hybridized carbons (Fsp3) is 0.435. The predicted octanol–water partition coefficient (Wildman–Crippen LogP) is 6.12. The molecule has 14 nitrogen and oxygen atoms in total. The maximum absolute atomic E-state index is 13.0. The molecule has 2 aromatic heterocycles. The van der Waals surface area contributed by atoms with Gasteiger partial charge in [-0.2, -0.15) is 0 Å². The van der Waals surface area contributed by atoms with Crippen LogP contribution < -0.4 is 10.6 Å². The molecule has 1 atom stereocenters. The first-order valence-electron chi connectivity index (χ1n) is 21.5. The second-order valence-electron chi connectivity index (χ2n) is 16.6. The van der Waals surface area contributed by atoms with Gasteiger partial charge in [0.1, 0.15) is 8.64 Å². The van der Waals surface area contributed by atoms with Crippen molar-refractivity contribution in [1.82, 2.24) is 19.8 Å². The number of rotatable bonds is 24. The number of aryl methyl sites for hydroxylation is 1. The van der Waals surface area contributed by atoms with Crippen LogP contribution in [0.25, 0.3) is 0 Å². The third-order valence-corrected chi connectivity index (χ3v) is 14.6. The highest BCUT2D eigenvalue weighted by Gasteiger charge is 2.22. The van der Waals surface area contributed by atoms with Crippen molar-refractivity contribution >= 4 is 88.7 Å². The Bertz CT molecular complexity index is 2260. The van der Waals surface area contributed by atoms with Gasteiger partial charge in [-0.15, -0.1) is 0 Å². The average Bonchev–Trinajstić information content (AvgIpc) is 4.01. The number of quaternary nitrogens is 2. The number of nitrogens with one attached hydrogen (secondary N) is 2. The number of thioether (sulfide) groups is 2. The van der Waals surface area contributed by atoms with Gasteiger partial charge in [-0.05, 0) is 54.3 Å². The molecule has 0 radical (unpaired) electrons. The van der Waals surface area contributed by atoms with E-state index in [1.165, 1.54) is 29.0 Å². The van der Waals surface area contributed by atoms with Gasteiger partial charge < -0.3 is 37.8 Å². The summed E-state index contributed by atoms with van der Waals surface area (Å²) in [4.78, 5) is 23.9. The Balaban J connectivity index is 0.000000379. The third-order valence-electron chi connectivity index (χ3n) is 9.89. The summed E-state index contributed by atoms with van der Waals surface area (Å²) in [6.07, 6.45) is 12.6. The number of carbonyl (C=O) groups excluding carboxylic acids is 2. The maximum atomic E-state index is 13.0. The molecule has 364 valence electrons. The van der Waals surface area contributed by atoms with Gasteiger partial charge in [0.05, 0.1) is 79.9 Å². The SMILES string of the molecule is C=CC(=O)NCCC[N+](C)(C)CCCS(=O)(=O)[O-].C[N+](C)(CCCNC(=O)C(CCc1ccccc1)SC(=S)n1cccc1)CCCS(=O)(=O)[O-].S=C(SCc1ccccc1)n1cccc1. The van der Waals surface area contributed by atoms with Crippen LogP contribution >= 0.6 is 48.0 Å². The molecule has 2 heterocycles. The minimum Gasteiger partial charge on any atom is -0.748 e. The van der Waals surface area contributed by atoms with Crippen molar-refractivity contribution in [2.24, 2.45) is 0 Å². The Labute approximate surface area is 412 Å². The van der Waals surface area contributed by atoms with E-state index in [4.69, 9.17) is 24.4 Å². The first-order chi connectivity index (χ1) is 31.1. The van der Waals surface area contributed by atoms with Gasteiger partial charge in [-0.1, -0.05) is 115 Å². The lowest BCUT2D eigenvalue weighted by atomic mass is 10.1. The van der Waals surface area contributed by atoms with E-state index >= 15 is 0 Å². The zero-order valence-electron chi connectivity index (χ0n) is 38.4. The Morgan fingerprint density at radius 3 is 1.55 bits per heavy atom. The van der Waals surface area contributed by atoms with E-state index in [1.54, 1.807) is 11.8 Å². The number of amides is 2. The zero-order valence-corrected chi connectivity index (χ0v) is 43.3. The lowest BCUT2D eigenvalue weighted by molar-refractivity contribution is -0.890. The van der Waals surface area contributed by atoms with Gasteiger partial charge in [-0.3, -0.25) is 9.59 Å². The van der Waals surface area contributed by atoms with Crippen molar-refractivity contribution in [3.63, 3.8) is 0 Å². The maximum Gasteiger partial charge on any atom is 0.243 e. The predicted molar refractivity (Wildman–Crippen MR) is 276 cm³/mol. The number of nitrogens with zero attached hydrogens (tertiary/aromatic N) is 4. The third kappa shape index (κ3) is 28.5. The van der Waals surface area contributed by atoms with E-state index in [1.807, 2.05) is 111 Å². The molecule has 20 heteroatoms. The van der Waals surface area contributed by atoms with Crippen LogP contribution in [0, 0.1) is 0 Å². The Morgan fingerprint density at radius 1 is 0.667 bits per heavy atom. The quantitative estimate of drug-likeness (QED) is 0.0270. The number of benzene rings is 2. The van der Waals surface area contributed by atoms with Crippen LogP contribution in [0.3, 0.4) is 0 Å². The van der Waals surface area contributed by atoms with Gasteiger partial charge in [0, 0.05) is 80.8 Å². The van der Waals surface area contributed by atoms with Crippen molar-refractivity contribution < 1.29 is 44.5 Å². The molecule has 0 bridgehead atoms. The first kappa shape index (κ1) is 58.4. The van der Waals surface area contributed by atoms with E-state index in [2.05, 4.69) is 53.6 Å². The second-order valence-corrected chi connectivity index (χ2v) is 23.1. The molecule has 4 rings (SSSR count). The topological polar surface area (TPSA) is 182 Å². The number of thiocarbonyl (C=S) groups is 2. The van der Waals surface area contributed by atoms with Gasteiger partial charge in [0.15, 0.2) is 0 Å². The van der Waals surface area contributed by atoms with Crippen LogP contribution in [-0.2, 0) is 42.0 Å². The Hall–Kier alpha value is -3.70. The van der Waals surface area contributed by atoms with Crippen molar-refractivity contribution in [2.45, 2.75) is 49.5 Å². The molecular weight excluding hydrogens is 957 g/mol. The summed E-state index contributed by atoms with van der Waals surface area (Å²) in [5, 5.41) is 5.41. The highest BCUT2D eigenvalue weighted by Crippen LogP contribution is 2.21. The lowest BCUT2D eigenvalue weighted by Gasteiger charge is -2.30. The highest BCUT2D eigenvalue weighted by molar-refractivity contribution is 8.23. The molecule has 2 N–H and O–H groups in total. The van der Waals surface area contributed by atoms with Crippen LogP contribution in [0.4, 0.5) is 0 Å². The van der Waals surface area contributed by atoms with Crippen molar-refractivity contribution in [3.8, 4) is 0 Å². The fourth-order valence-electron chi connectivity index (χ4n) is 6.26. The van der Waals surface area contributed by atoms with Gasteiger partial charge >= 0.3 is 0 Å². The molecule has 0 aliphatic rings. The lowest BCUT2D eigenvalue weighted by Crippen LogP contribution is -2.43. The smallest absolute Gasteiger partial charge is 0.243 e. The number of hydrogen-bond acceptors (Lipinski definition) is 12.